The lowest BCUT2D eigenvalue weighted by Crippen LogP contribution is -2.05. The third kappa shape index (κ3) is 6.15. The van der Waals surface area contributed by atoms with Crippen LogP contribution in [0.2, 0.25) is 0 Å². The average molecular weight is 873 g/mol. The summed E-state index contributed by atoms with van der Waals surface area (Å²) in [5.41, 5.74) is 17.8. The van der Waals surface area contributed by atoms with Crippen LogP contribution in [-0.4, -0.2) is 9.13 Å². The molecule has 1 atom stereocenters. The smallest absolute Gasteiger partial charge is 0.0640 e. The zero-order chi connectivity index (χ0) is 44.0. The molecular formula is C64H44N2S. The van der Waals surface area contributed by atoms with E-state index in [1.807, 2.05) is 11.3 Å². The molecule has 12 aromatic rings. The number of thiophene rings is 1. The van der Waals surface area contributed by atoms with E-state index >= 15 is 0 Å². The van der Waals surface area contributed by atoms with Gasteiger partial charge < -0.3 is 9.13 Å². The van der Waals surface area contributed by atoms with Crippen molar-refractivity contribution in [2.45, 2.75) is 25.2 Å². The van der Waals surface area contributed by atoms with Crippen molar-refractivity contribution in [3.8, 4) is 22.5 Å². The Kier molecular flexibility index (Phi) is 8.75. The summed E-state index contributed by atoms with van der Waals surface area (Å²) < 4.78 is 6.34. The Balaban J connectivity index is 0.942. The van der Waals surface area contributed by atoms with Gasteiger partial charge in [0.15, 0.2) is 0 Å². The third-order valence-corrected chi connectivity index (χ3v) is 15.8. The summed E-state index contributed by atoms with van der Waals surface area (Å²) in [7, 11) is 0. The zero-order valence-electron chi connectivity index (χ0n) is 36.9. The van der Waals surface area contributed by atoms with E-state index in [2.05, 4.69) is 234 Å². The average Bonchev–Trinajstić information content (AvgIpc) is 4.06. The molecule has 14 rings (SSSR count). The van der Waals surface area contributed by atoms with E-state index in [-0.39, 0.29) is 5.92 Å². The highest BCUT2D eigenvalue weighted by molar-refractivity contribution is 7.20. The van der Waals surface area contributed by atoms with Crippen molar-refractivity contribution in [3.05, 3.63) is 246 Å². The molecule has 0 N–H and O–H groups in total. The van der Waals surface area contributed by atoms with Crippen molar-refractivity contribution < 1.29 is 0 Å². The molecule has 0 amide bonds. The Bertz CT molecular complexity index is 4050. The van der Waals surface area contributed by atoms with Gasteiger partial charge in [0.2, 0.25) is 0 Å². The van der Waals surface area contributed by atoms with E-state index in [0.717, 1.165) is 24.9 Å². The van der Waals surface area contributed by atoms with E-state index in [1.54, 1.807) is 0 Å². The highest BCUT2D eigenvalue weighted by atomic mass is 32.1. The van der Waals surface area contributed by atoms with Crippen LogP contribution in [-0.2, 0) is 6.42 Å². The standard InChI is InChI=1S/C64H44N2S/c1-2-14-41(15-3-1)42-28-32-49(33-29-42)65-58-24-9-7-20-53(58)57-39-44(31-35-60(57)65)46-36-47(38-48(37-46)51-22-12-17-43-16-4-5-18-50(43)51)45-30-34-54-52-19-6-10-25-59(52)66(62(54)40-45)61-26-13-23-56-55-21-8-11-27-63(55)67-64(56)61/h1-7,9-20,22-37,39-40,48H,8,21,38H2. The summed E-state index contributed by atoms with van der Waals surface area (Å²) in [5, 5.41) is 9.08. The lowest BCUT2D eigenvalue weighted by atomic mass is 9.80. The SMILES string of the molecule is C1=Cc2sc3c(-n4c5ccccc5c5ccc(C6=CC(c7ccc8c(c7)c7ccccc7n8-c7ccc(-c8ccccc8)cc7)=CC(c7cccc8ccccc78)C6)cc54)cccc3c2CC1. The summed E-state index contributed by atoms with van der Waals surface area (Å²) in [4.78, 5) is 1.40. The maximum Gasteiger partial charge on any atom is 0.0640 e. The normalized spacial score (nSPS) is 15.0. The second-order valence-corrected chi connectivity index (χ2v) is 19.3. The molecule has 3 heterocycles. The summed E-state index contributed by atoms with van der Waals surface area (Å²) in [6, 6.07) is 74.5. The number of allylic oxidation sites excluding steroid dienone is 5. The predicted octanol–water partition coefficient (Wildman–Crippen LogP) is 17.5. The molecule has 2 nitrogen and oxygen atoms in total. The van der Waals surface area contributed by atoms with Crippen LogP contribution in [0.5, 0.6) is 0 Å². The van der Waals surface area contributed by atoms with Gasteiger partial charge in [-0.1, -0.05) is 170 Å². The lowest BCUT2D eigenvalue weighted by Gasteiger charge is -2.24. The lowest BCUT2D eigenvalue weighted by molar-refractivity contribution is 0.879. The molecular weight excluding hydrogens is 829 g/mol. The van der Waals surface area contributed by atoms with Crippen molar-refractivity contribution in [3.63, 3.8) is 0 Å². The first kappa shape index (κ1) is 38.3. The molecule has 2 aliphatic rings. The van der Waals surface area contributed by atoms with Gasteiger partial charge in [-0.2, -0.15) is 0 Å². The number of para-hydroxylation sites is 2. The van der Waals surface area contributed by atoms with Crippen molar-refractivity contribution in [2.75, 3.05) is 0 Å². The summed E-state index contributed by atoms with van der Waals surface area (Å²) >= 11 is 1.94. The molecule has 3 heteroatoms. The van der Waals surface area contributed by atoms with Crippen LogP contribution in [0.4, 0.5) is 0 Å². The van der Waals surface area contributed by atoms with Gasteiger partial charge >= 0.3 is 0 Å². The number of fused-ring (bicyclic) bond motifs is 10. The monoisotopic (exact) mass is 872 g/mol. The first-order valence-electron chi connectivity index (χ1n) is 23.6. The van der Waals surface area contributed by atoms with Gasteiger partial charge in [-0.05, 0) is 135 Å². The Morgan fingerprint density at radius 1 is 0.463 bits per heavy atom. The molecule has 0 fully saturated rings. The second-order valence-electron chi connectivity index (χ2n) is 18.3. The number of aryl methyl sites for hydroxylation is 1. The van der Waals surface area contributed by atoms with Gasteiger partial charge in [0, 0.05) is 38.0 Å². The molecule has 0 spiro atoms. The maximum atomic E-state index is 2.55. The van der Waals surface area contributed by atoms with Gasteiger partial charge in [-0.25, -0.2) is 0 Å². The zero-order valence-corrected chi connectivity index (χ0v) is 37.7. The number of aromatic nitrogens is 2. The second kappa shape index (κ2) is 15.3. The first-order chi connectivity index (χ1) is 33.2. The Hall–Kier alpha value is -7.98. The van der Waals surface area contributed by atoms with Gasteiger partial charge in [0.1, 0.15) is 0 Å². The van der Waals surface area contributed by atoms with Gasteiger partial charge in [-0.3, -0.25) is 0 Å². The molecule has 1 unspecified atom stereocenters. The molecule has 0 aliphatic heterocycles. The summed E-state index contributed by atoms with van der Waals surface area (Å²) in [6.45, 7) is 0. The third-order valence-electron chi connectivity index (χ3n) is 14.6. The quantitative estimate of drug-likeness (QED) is 0.158. The van der Waals surface area contributed by atoms with Crippen LogP contribution < -0.4 is 0 Å². The highest BCUT2D eigenvalue weighted by Crippen LogP contribution is 2.46. The largest absolute Gasteiger partial charge is 0.309 e. The Labute approximate surface area is 393 Å². The predicted molar refractivity (Wildman–Crippen MR) is 287 cm³/mol. The molecule has 316 valence electrons. The van der Waals surface area contributed by atoms with Crippen LogP contribution in [0.3, 0.4) is 0 Å². The molecule has 2 aliphatic carbocycles. The van der Waals surface area contributed by atoms with E-state index in [9.17, 15) is 0 Å². The Morgan fingerprint density at radius 2 is 1.12 bits per heavy atom. The summed E-state index contributed by atoms with van der Waals surface area (Å²) in [6.07, 6.45) is 12.8. The number of nitrogens with zero attached hydrogens (tertiary/aromatic N) is 2. The van der Waals surface area contributed by atoms with Crippen LogP contribution in [0.1, 0.15) is 45.9 Å². The fraction of sp³-hybridized carbons (Fsp3) is 0.0625. The van der Waals surface area contributed by atoms with Gasteiger partial charge in [-0.15, -0.1) is 11.3 Å². The van der Waals surface area contributed by atoms with E-state index in [1.165, 1.54) is 120 Å². The van der Waals surface area contributed by atoms with Crippen molar-refractivity contribution in [2.24, 2.45) is 0 Å². The van der Waals surface area contributed by atoms with Crippen molar-refractivity contribution in [1.29, 1.82) is 0 Å². The van der Waals surface area contributed by atoms with Crippen LogP contribution in [0, 0.1) is 0 Å². The van der Waals surface area contributed by atoms with E-state index < -0.39 is 0 Å². The van der Waals surface area contributed by atoms with Gasteiger partial charge in [0.25, 0.3) is 0 Å². The fourth-order valence-corrected chi connectivity index (χ4v) is 12.7. The molecule has 0 radical (unpaired) electrons. The molecule has 0 bridgehead atoms. The minimum atomic E-state index is 0.182. The number of hydrogen-bond acceptors (Lipinski definition) is 1. The van der Waals surface area contributed by atoms with E-state index in [0.29, 0.717) is 0 Å². The first-order valence-corrected chi connectivity index (χ1v) is 24.4. The van der Waals surface area contributed by atoms with E-state index in [4.69, 9.17) is 0 Å². The van der Waals surface area contributed by atoms with Crippen molar-refractivity contribution in [1.82, 2.24) is 9.13 Å². The molecule has 0 saturated heterocycles. The molecule has 0 saturated carbocycles. The number of benzene rings is 9. The number of rotatable bonds is 6. The molecule has 3 aromatic heterocycles. The Morgan fingerprint density at radius 3 is 1.99 bits per heavy atom. The minimum absolute atomic E-state index is 0.182. The molecule has 9 aromatic carbocycles. The minimum Gasteiger partial charge on any atom is -0.309 e. The number of hydrogen-bond donors (Lipinski definition) is 0. The van der Waals surface area contributed by atoms with Crippen molar-refractivity contribution >= 4 is 93.0 Å². The summed E-state index contributed by atoms with van der Waals surface area (Å²) in [5.74, 6) is 0.182. The van der Waals surface area contributed by atoms with Crippen LogP contribution in [0.25, 0.3) is 104 Å². The van der Waals surface area contributed by atoms with Gasteiger partial charge in [0.05, 0.1) is 32.5 Å². The maximum absolute atomic E-state index is 2.55. The topological polar surface area (TPSA) is 9.86 Å². The fourth-order valence-electron chi connectivity index (χ4n) is 11.4. The van der Waals surface area contributed by atoms with Crippen LogP contribution in [0.15, 0.2) is 218 Å². The van der Waals surface area contributed by atoms with Crippen LogP contribution >= 0.6 is 11.3 Å². The molecule has 67 heavy (non-hydrogen) atoms. The highest BCUT2D eigenvalue weighted by Gasteiger charge is 2.24.